The van der Waals surface area contributed by atoms with E-state index in [4.69, 9.17) is 10.8 Å². The molecule has 0 aliphatic carbocycles. The van der Waals surface area contributed by atoms with Gasteiger partial charge in [-0.1, -0.05) is 6.92 Å². The second kappa shape index (κ2) is 5.11. The first-order valence-corrected chi connectivity index (χ1v) is 5.29. The fourth-order valence-corrected chi connectivity index (χ4v) is 1.68. The van der Waals surface area contributed by atoms with Crippen LogP contribution >= 0.6 is 0 Å². The van der Waals surface area contributed by atoms with Crippen molar-refractivity contribution in [2.75, 3.05) is 0 Å². The van der Waals surface area contributed by atoms with Crippen LogP contribution in [0.4, 0.5) is 0 Å². The van der Waals surface area contributed by atoms with Crippen molar-refractivity contribution in [1.29, 1.82) is 0 Å². The van der Waals surface area contributed by atoms with Gasteiger partial charge in [0.15, 0.2) is 0 Å². The van der Waals surface area contributed by atoms with Gasteiger partial charge in [-0.25, -0.2) is 0 Å². The topological polar surface area (TPSA) is 92.4 Å². The number of hydrogen-bond donors (Lipinski definition) is 3. The number of nitrogens with one attached hydrogen (secondary N) is 1. The van der Waals surface area contributed by atoms with E-state index < -0.39 is 12.0 Å². The predicted octanol–water partition coefficient (Wildman–Crippen LogP) is 0.0932. The minimum atomic E-state index is -0.783. The van der Waals surface area contributed by atoms with E-state index in [1.54, 1.807) is 6.92 Å². The molecular weight excluding hydrogens is 196 g/mol. The first kappa shape index (κ1) is 12.0. The van der Waals surface area contributed by atoms with Crippen molar-refractivity contribution < 1.29 is 14.7 Å². The third kappa shape index (κ3) is 3.51. The first-order valence-electron chi connectivity index (χ1n) is 5.29. The molecule has 1 aliphatic heterocycles. The van der Waals surface area contributed by atoms with Gasteiger partial charge in [0.1, 0.15) is 0 Å². The molecule has 4 N–H and O–H groups in total. The Morgan fingerprint density at radius 1 is 1.67 bits per heavy atom. The van der Waals surface area contributed by atoms with Crippen molar-refractivity contribution in [2.45, 2.75) is 44.7 Å². The van der Waals surface area contributed by atoms with Crippen LogP contribution in [0.25, 0.3) is 0 Å². The quantitative estimate of drug-likeness (QED) is 0.618. The largest absolute Gasteiger partial charge is 0.481 e. The molecule has 1 amide bonds. The summed E-state index contributed by atoms with van der Waals surface area (Å²) in [4.78, 5) is 21.8. The molecule has 0 radical (unpaired) electrons. The van der Waals surface area contributed by atoms with Crippen molar-refractivity contribution in [2.24, 2.45) is 11.7 Å². The highest BCUT2D eigenvalue weighted by atomic mass is 16.4. The molecule has 0 bridgehead atoms. The number of carboxylic acids is 1. The van der Waals surface area contributed by atoms with E-state index in [2.05, 4.69) is 5.32 Å². The van der Waals surface area contributed by atoms with E-state index in [-0.39, 0.29) is 17.9 Å². The maximum Gasteiger partial charge on any atom is 0.306 e. The molecule has 0 aromatic rings. The second-order valence-corrected chi connectivity index (χ2v) is 4.21. The number of carbonyl (C=O) groups excluding carboxylic acids is 1. The van der Waals surface area contributed by atoms with Crippen LogP contribution in [0.15, 0.2) is 0 Å². The van der Waals surface area contributed by atoms with E-state index in [0.29, 0.717) is 19.3 Å². The number of carboxylic acid groups (broad SMARTS) is 1. The van der Waals surface area contributed by atoms with Crippen molar-refractivity contribution >= 4 is 11.9 Å². The van der Waals surface area contributed by atoms with Gasteiger partial charge < -0.3 is 16.2 Å². The summed E-state index contributed by atoms with van der Waals surface area (Å²) in [5.41, 5.74) is 5.54. The molecule has 1 saturated heterocycles. The van der Waals surface area contributed by atoms with Gasteiger partial charge >= 0.3 is 5.97 Å². The third-order valence-corrected chi connectivity index (χ3v) is 2.88. The maximum atomic E-state index is 11.2. The summed E-state index contributed by atoms with van der Waals surface area (Å²) in [5, 5.41) is 11.5. The third-order valence-electron chi connectivity index (χ3n) is 2.88. The van der Waals surface area contributed by atoms with Gasteiger partial charge in [0.25, 0.3) is 0 Å². The molecule has 3 atom stereocenters. The molecule has 5 heteroatoms. The average Bonchev–Trinajstić information content (AvgIpc) is 2.19. The standard InChI is InChI=1S/C10H18N2O3/c1-6(10(14)15)2-3-7-4-5-8(11)9(13)12-7/h6-8H,2-5,11H2,1H3,(H,12,13)(H,14,15). The molecular formula is C10H18N2O3. The van der Waals surface area contributed by atoms with Gasteiger partial charge in [-0.2, -0.15) is 0 Å². The minimum Gasteiger partial charge on any atom is -0.481 e. The number of amides is 1. The number of carbonyl (C=O) groups is 2. The summed E-state index contributed by atoms with van der Waals surface area (Å²) in [6.07, 6.45) is 2.85. The number of rotatable bonds is 4. The smallest absolute Gasteiger partial charge is 0.306 e. The van der Waals surface area contributed by atoms with Crippen molar-refractivity contribution in [3.63, 3.8) is 0 Å². The molecule has 1 aliphatic rings. The lowest BCUT2D eigenvalue weighted by Gasteiger charge is -2.27. The Morgan fingerprint density at radius 3 is 2.87 bits per heavy atom. The Hall–Kier alpha value is -1.10. The van der Waals surface area contributed by atoms with Gasteiger partial charge in [-0.15, -0.1) is 0 Å². The summed E-state index contributed by atoms with van der Waals surface area (Å²) in [6, 6.07) is -0.294. The van der Waals surface area contributed by atoms with Crippen LogP contribution in [0.5, 0.6) is 0 Å². The zero-order valence-electron chi connectivity index (χ0n) is 8.90. The normalized spacial score (nSPS) is 28.3. The van der Waals surface area contributed by atoms with E-state index in [9.17, 15) is 9.59 Å². The summed E-state index contributed by atoms with van der Waals surface area (Å²) >= 11 is 0. The summed E-state index contributed by atoms with van der Waals surface area (Å²) in [7, 11) is 0. The van der Waals surface area contributed by atoms with Crippen LogP contribution < -0.4 is 11.1 Å². The Bertz CT molecular complexity index is 255. The Balaban J connectivity index is 2.28. The average molecular weight is 214 g/mol. The highest BCUT2D eigenvalue weighted by Crippen LogP contribution is 2.15. The van der Waals surface area contributed by atoms with Crippen LogP contribution in [0, 0.1) is 5.92 Å². The SMILES string of the molecule is CC(CCC1CCC(N)C(=O)N1)C(=O)O. The molecule has 1 fully saturated rings. The van der Waals surface area contributed by atoms with Crippen molar-refractivity contribution in [3.05, 3.63) is 0 Å². The number of hydrogen-bond acceptors (Lipinski definition) is 3. The van der Waals surface area contributed by atoms with Gasteiger partial charge in [0.2, 0.25) is 5.91 Å². The molecule has 1 heterocycles. The Labute approximate surface area is 89.0 Å². The van der Waals surface area contributed by atoms with Gasteiger partial charge in [0.05, 0.1) is 12.0 Å². The molecule has 0 aromatic heterocycles. The summed E-state index contributed by atoms with van der Waals surface area (Å²) in [6.45, 7) is 1.68. The lowest BCUT2D eigenvalue weighted by molar-refractivity contribution is -0.141. The highest BCUT2D eigenvalue weighted by molar-refractivity contribution is 5.82. The fourth-order valence-electron chi connectivity index (χ4n) is 1.68. The Kier molecular flexibility index (Phi) is 4.08. The lowest BCUT2D eigenvalue weighted by atomic mass is 9.94. The zero-order chi connectivity index (χ0) is 11.4. The second-order valence-electron chi connectivity index (χ2n) is 4.21. The first-order chi connectivity index (χ1) is 7.00. The van der Waals surface area contributed by atoms with Gasteiger partial charge in [-0.05, 0) is 25.7 Å². The Morgan fingerprint density at radius 2 is 2.33 bits per heavy atom. The van der Waals surface area contributed by atoms with Crippen LogP contribution in [0.3, 0.4) is 0 Å². The maximum absolute atomic E-state index is 11.2. The monoisotopic (exact) mass is 214 g/mol. The number of nitrogens with two attached hydrogens (primary N) is 1. The van der Waals surface area contributed by atoms with Gasteiger partial charge in [-0.3, -0.25) is 9.59 Å². The molecule has 15 heavy (non-hydrogen) atoms. The molecule has 1 rings (SSSR count). The molecule has 3 unspecified atom stereocenters. The molecule has 0 aromatic carbocycles. The summed E-state index contributed by atoms with van der Waals surface area (Å²) < 4.78 is 0. The zero-order valence-corrected chi connectivity index (χ0v) is 8.90. The van der Waals surface area contributed by atoms with Crippen molar-refractivity contribution in [3.8, 4) is 0 Å². The number of aliphatic carboxylic acids is 1. The minimum absolute atomic E-state index is 0.0964. The van der Waals surface area contributed by atoms with Crippen LogP contribution in [0.1, 0.15) is 32.6 Å². The van der Waals surface area contributed by atoms with E-state index in [0.717, 1.165) is 6.42 Å². The lowest BCUT2D eigenvalue weighted by Crippen LogP contribution is -2.50. The van der Waals surface area contributed by atoms with E-state index >= 15 is 0 Å². The van der Waals surface area contributed by atoms with E-state index in [1.807, 2.05) is 0 Å². The van der Waals surface area contributed by atoms with Crippen LogP contribution in [-0.4, -0.2) is 29.1 Å². The van der Waals surface area contributed by atoms with Crippen LogP contribution in [0.2, 0.25) is 0 Å². The van der Waals surface area contributed by atoms with Crippen molar-refractivity contribution in [1.82, 2.24) is 5.32 Å². The predicted molar refractivity (Wildman–Crippen MR) is 55.2 cm³/mol. The van der Waals surface area contributed by atoms with E-state index in [1.165, 1.54) is 0 Å². The van der Waals surface area contributed by atoms with Gasteiger partial charge in [0, 0.05) is 6.04 Å². The fraction of sp³-hybridized carbons (Fsp3) is 0.800. The highest BCUT2D eigenvalue weighted by Gasteiger charge is 2.25. The molecule has 5 nitrogen and oxygen atoms in total. The number of piperidine rings is 1. The molecule has 0 spiro atoms. The van der Waals surface area contributed by atoms with Crippen LogP contribution in [-0.2, 0) is 9.59 Å². The summed E-state index contributed by atoms with van der Waals surface area (Å²) in [5.74, 6) is -1.25. The molecule has 86 valence electrons. The molecule has 0 saturated carbocycles.